The van der Waals surface area contributed by atoms with Gasteiger partial charge in [0, 0.05) is 30.4 Å². The van der Waals surface area contributed by atoms with E-state index in [9.17, 15) is 0 Å². The summed E-state index contributed by atoms with van der Waals surface area (Å²) in [5.41, 5.74) is 0.612. The van der Waals surface area contributed by atoms with E-state index < -0.39 is 0 Å². The van der Waals surface area contributed by atoms with E-state index in [2.05, 4.69) is 41.6 Å². The highest BCUT2D eigenvalue weighted by Crippen LogP contribution is 2.38. The van der Waals surface area contributed by atoms with Crippen molar-refractivity contribution < 1.29 is 4.74 Å². The first kappa shape index (κ1) is 14.1. The first-order chi connectivity index (χ1) is 9.51. The zero-order valence-electron chi connectivity index (χ0n) is 13.0. The lowest BCUT2D eigenvalue weighted by Crippen LogP contribution is -2.45. The van der Waals surface area contributed by atoms with Crippen LogP contribution in [0.5, 0.6) is 0 Å². The molecule has 20 heavy (non-hydrogen) atoms. The van der Waals surface area contributed by atoms with Gasteiger partial charge in [-0.05, 0) is 52.6 Å². The van der Waals surface area contributed by atoms with Crippen LogP contribution in [-0.4, -0.2) is 47.0 Å². The van der Waals surface area contributed by atoms with Crippen molar-refractivity contribution in [2.24, 2.45) is 5.41 Å². The number of likely N-dealkylation sites (tertiary alicyclic amines) is 1. The first-order valence-electron chi connectivity index (χ1n) is 7.83. The third kappa shape index (κ3) is 2.63. The predicted molar refractivity (Wildman–Crippen MR) is 79.7 cm³/mol. The second kappa shape index (κ2) is 5.15. The quantitative estimate of drug-likeness (QED) is 0.828. The molecular formula is C16H27N3O. The molecule has 2 aliphatic rings. The highest BCUT2D eigenvalue weighted by molar-refractivity contribution is 4.96. The molecule has 2 fully saturated rings. The highest BCUT2D eigenvalue weighted by Gasteiger charge is 2.45. The van der Waals surface area contributed by atoms with Crippen LogP contribution >= 0.6 is 0 Å². The molecule has 1 spiro atoms. The van der Waals surface area contributed by atoms with Crippen LogP contribution < -0.4 is 0 Å². The lowest BCUT2D eigenvalue weighted by Gasteiger charge is -2.38. The minimum Gasteiger partial charge on any atom is -0.380 e. The van der Waals surface area contributed by atoms with Gasteiger partial charge in [-0.1, -0.05) is 0 Å². The summed E-state index contributed by atoms with van der Waals surface area (Å²) >= 11 is 0. The van der Waals surface area contributed by atoms with Crippen LogP contribution in [0.2, 0.25) is 0 Å². The minimum absolute atomic E-state index is 0.106. The molecule has 0 N–H and O–H groups in total. The third-order valence-electron chi connectivity index (χ3n) is 5.21. The Labute approximate surface area is 122 Å². The SMILES string of the molecule is CC(CCC(C)(C)n1cccn1)N1CCC2(COC2)C1. The van der Waals surface area contributed by atoms with Crippen molar-refractivity contribution in [2.75, 3.05) is 26.3 Å². The number of ether oxygens (including phenoxy) is 1. The highest BCUT2D eigenvalue weighted by atomic mass is 16.5. The van der Waals surface area contributed by atoms with E-state index in [1.54, 1.807) is 0 Å². The molecule has 3 rings (SSSR count). The number of nitrogens with zero attached hydrogens (tertiary/aromatic N) is 3. The van der Waals surface area contributed by atoms with E-state index in [1.807, 2.05) is 12.3 Å². The van der Waals surface area contributed by atoms with Gasteiger partial charge >= 0.3 is 0 Å². The molecule has 1 aromatic rings. The standard InChI is InChI=1S/C16H27N3O/c1-14(18-10-7-16(11-18)12-20-13-16)5-6-15(2,3)19-9-4-8-17-19/h4,8-9,14H,5-7,10-13H2,1-3H3. The molecule has 4 nitrogen and oxygen atoms in total. The maximum atomic E-state index is 5.41. The summed E-state index contributed by atoms with van der Waals surface area (Å²) in [6, 6.07) is 2.66. The summed E-state index contributed by atoms with van der Waals surface area (Å²) < 4.78 is 7.50. The Kier molecular flexibility index (Phi) is 3.63. The summed E-state index contributed by atoms with van der Waals surface area (Å²) in [4.78, 5) is 2.65. The number of aromatic nitrogens is 2. The summed E-state index contributed by atoms with van der Waals surface area (Å²) in [6.07, 6.45) is 7.65. The van der Waals surface area contributed by atoms with E-state index in [0.29, 0.717) is 11.5 Å². The molecule has 3 heterocycles. The average Bonchev–Trinajstić information content (AvgIpc) is 3.03. The van der Waals surface area contributed by atoms with Crippen LogP contribution in [0.1, 0.15) is 40.0 Å². The predicted octanol–water partition coefficient (Wildman–Crippen LogP) is 2.51. The Hall–Kier alpha value is -0.870. The lowest BCUT2D eigenvalue weighted by atomic mass is 9.85. The van der Waals surface area contributed by atoms with Crippen LogP contribution in [0.25, 0.3) is 0 Å². The molecular weight excluding hydrogens is 250 g/mol. The fraction of sp³-hybridized carbons (Fsp3) is 0.812. The van der Waals surface area contributed by atoms with Crippen LogP contribution in [0, 0.1) is 5.41 Å². The van der Waals surface area contributed by atoms with Gasteiger partial charge in [0.05, 0.1) is 18.8 Å². The Bertz CT molecular complexity index is 437. The Morgan fingerprint density at radius 1 is 1.40 bits per heavy atom. The first-order valence-corrected chi connectivity index (χ1v) is 7.83. The van der Waals surface area contributed by atoms with Gasteiger partial charge in [0.2, 0.25) is 0 Å². The molecule has 1 atom stereocenters. The van der Waals surface area contributed by atoms with Gasteiger partial charge in [-0.15, -0.1) is 0 Å². The lowest BCUT2D eigenvalue weighted by molar-refractivity contribution is -0.106. The molecule has 0 aromatic carbocycles. The van der Waals surface area contributed by atoms with Crippen LogP contribution in [0.15, 0.2) is 18.5 Å². The Balaban J connectivity index is 1.51. The zero-order chi connectivity index (χ0) is 14.2. The van der Waals surface area contributed by atoms with Crippen molar-refractivity contribution in [3.05, 3.63) is 18.5 Å². The van der Waals surface area contributed by atoms with E-state index in [4.69, 9.17) is 4.74 Å². The van der Waals surface area contributed by atoms with Crippen molar-refractivity contribution in [1.82, 2.24) is 14.7 Å². The van der Waals surface area contributed by atoms with Crippen molar-refractivity contribution in [3.63, 3.8) is 0 Å². The van der Waals surface area contributed by atoms with Gasteiger partial charge in [0.25, 0.3) is 0 Å². The molecule has 0 saturated carbocycles. The molecule has 4 heteroatoms. The average molecular weight is 277 g/mol. The maximum Gasteiger partial charge on any atom is 0.0572 e. The van der Waals surface area contributed by atoms with E-state index >= 15 is 0 Å². The maximum absolute atomic E-state index is 5.41. The summed E-state index contributed by atoms with van der Waals surface area (Å²) in [6.45, 7) is 11.4. The fourth-order valence-electron chi connectivity index (χ4n) is 3.46. The smallest absolute Gasteiger partial charge is 0.0572 e. The second-order valence-electron chi connectivity index (χ2n) is 7.36. The number of hydrogen-bond donors (Lipinski definition) is 0. The van der Waals surface area contributed by atoms with E-state index in [-0.39, 0.29) is 5.54 Å². The largest absolute Gasteiger partial charge is 0.380 e. The van der Waals surface area contributed by atoms with Crippen molar-refractivity contribution in [2.45, 2.75) is 51.6 Å². The summed E-state index contributed by atoms with van der Waals surface area (Å²) in [7, 11) is 0. The molecule has 0 aliphatic carbocycles. The van der Waals surface area contributed by atoms with E-state index in [0.717, 1.165) is 19.6 Å². The summed E-state index contributed by atoms with van der Waals surface area (Å²) in [5, 5.41) is 4.40. The molecule has 112 valence electrons. The minimum atomic E-state index is 0.106. The molecule has 0 bridgehead atoms. The molecule has 1 aromatic heterocycles. The molecule has 1 unspecified atom stereocenters. The van der Waals surface area contributed by atoms with Crippen LogP contribution in [0.3, 0.4) is 0 Å². The van der Waals surface area contributed by atoms with Crippen LogP contribution in [-0.2, 0) is 10.3 Å². The Morgan fingerprint density at radius 2 is 2.20 bits per heavy atom. The second-order valence-corrected chi connectivity index (χ2v) is 7.36. The van der Waals surface area contributed by atoms with Gasteiger partial charge in [-0.3, -0.25) is 9.58 Å². The van der Waals surface area contributed by atoms with Gasteiger partial charge in [0.15, 0.2) is 0 Å². The molecule has 0 amide bonds. The molecule has 2 saturated heterocycles. The Morgan fingerprint density at radius 3 is 2.75 bits per heavy atom. The monoisotopic (exact) mass is 277 g/mol. The normalized spacial score (nSPS) is 23.9. The zero-order valence-corrected chi connectivity index (χ0v) is 13.0. The van der Waals surface area contributed by atoms with E-state index in [1.165, 1.54) is 25.9 Å². The van der Waals surface area contributed by atoms with Gasteiger partial charge < -0.3 is 4.74 Å². The van der Waals surface area contributed by atoms with Crippen molar-refractivity contribution in [3.8, 4) is 0 Å². The van der Waals surface area contributed by atoms with Crippen LogP contribution in [0.4, 0.5) is 0 Å². The number of hydrogen-bond acceptors (Lipinski definition) is 3. The van der Waals surface area contributed by atoms with Gasteiger partial charge in [-0.2, -0.15) is 5.10 Å². The number of rotatable bonds is 5. The molecule has 2 aliphatic heterocycles. The fourth-order valence-corrected chi connectivity index (χ4v) is 3.46. The summed E-state index contributed by atoms with van der Waals surface area (Å²) in [5.74, 6) is 0. The third-order valence-corrected chi connectivity index (χ3v) is 5.21. The molecule has 0 radical (unpaired) electrons. The van der Waals surface area contributed by atoms with Crippen molar-refractivity contribution >= 4 is 0 Å². The van der Waals surface area contributed by atoms with Gasteiger partial charge in [0.1, 0.15) is 0 Å². The van der Waals surface area contributed by atoms with Crippen molar-refractivity contribution in [1.29, 1.82) is 0 Å². The topological polar surface area (TPSA) is 30.3 Å². The van der Waals surface area contributed by atoms with Gasteiger partial charge in [-0.25, -0.2) is 0 Å².